The Morgan fingerprint density at radius 3 is 2.13 bits per heavy atom. The molecule has 0 amide bonds. The van der Waals surface area contributed by atoms with Crippen LogP contribution < -0.4 is 0 Å². The van der Waals surface area contributed by atoms with E-state index in [1.807, 2.05) is 0 Å². The molecule has 0 aliphatic carbocycles. The first-order valence-electron chi connectivity index (χ1n) is 6.69. The van der Waals surface area contributed by atoms with Crippen molar-refractivity contribution in [3.8, 4) is 16.9 Å². The molecule has 0 aliphatic heterocycles. The van der Waals surface area contributed by atoms with Crippen LogP contribution in [0.15, 0.2) is 30.3 Å². The van der Waals surface area contributed by atoms with E-state index in [1.165, 1.54) is 20.3 Å². The normalized spacial score (nSPS) is 10.3. The van der Waals surface area contributed by atoms with Crippen molar-refractivity contribution in [1.82, 2.24) is 0 Å². The standard InChI is InChI=1S/C17H15ClO5/c1-9-13(19)8-12(16(20)22-2)15(14(9)17(21)23-3)10-4-6-11(18)7-5-10/h4-8,19H,1-3H3. The van der Waals surface area contributed by atoms with Crippen LogP contribution in [0.2, 0.25) is 5.02 Å². The first-order chi connectivity index (χ1) is 10.9. The number of rotatable bonds is 3. The minimum Gasteiger partial charge on any atom is -0.508 e. The SMILES string of the molecule is COC(=O)c1cc(O)c(C)c(C(=O)OC)c1-c1ccc(Cl)cc1. The van der Waals surface area contributed by atoms with Gasteiger partial charge in [0.2, 0.25) is 0 Å². The molecule has 0 fully saturated rings. The number of halogens is 1. The van der Waals surface area contributed by atoms with Crippen LogP contribution in [0.4, 0.5) is 0 Å². The van der Waals surface area contributed by atoms with Crippen LogP contribution in [0.1, 0.15) is 26.3 Å². The van der Waals surface area contributed by atoms with E-state index in [0.717, 1.165) is 0 Å². The van der Waals surface area contributed by atoms with E-state index >= 15 is 0 Å². The number of hydrogen-bond donors (Lipinski definition) is 1. The zero-order valence-corrected chi connectivity index (χ0v) is 13.6. The highest BCUT2D eigenvalue weighted by Gasteiger charge is 2.26. The largest absolute Gasteiger partial charge is 0.508 e. The van der Waals surface area contributed by atoms with Gasteiger partial charge in [0.1, 0.15) is 5.75 Å². The van der Waals surface area contributed by atoms with Crippen molar-refractivity contribution in [2.24, 2.45) is 0 Å². The topological polar surface area (TPSA) is 72.8 Å². The van der Waals surface area contributed by atoms with Gasteiger partial charge in [-0.3, -0.25) is 0 Å². The number of aromatic hydroxyl groups is 1. The molecule has 0 spiro atoms. The van der Waals surface area contributed by atoms with E-state index in [1.54, 1.807) is 31.2 Å². The molecule has 120 valence electrons. The predicted octanol–water partition coefficient (Wildman–Crippen LogP) is 3.59. The Morgan fingerprint density at radius 2 is 1.61 bits per heavy atom. The number of carbonyl (C=O) groups excluding carboxylic acids is 2. The number of benzene rings is 2. The predicted molar refractivity (Wildman–Crippen MR) is 86.0 cm³/mol. The number of phenols is 1. The van der Waals surface area contributed by atoms with Crippen molar-refractivity contribution in [1.29, 1.82) is 0 Å². The third-order valence-electron chi connectivity index (χ3n) is 3.49. The summed E-state index contributed by atoms with van der Waals surface area (Å²) in [6.07, 6.45) is 0. The van der Waals surface area contributed by atoms with E-state index in [2.05, 4.69) is 0 Å². The molecule has 0 saturated carbocycles. The monoisotopic (exact) mass is 334 g/mol. The summed E-state index contributed by atoms with van der Waals surface area (Å²) in [6, 6.07) is 7.90. The molecule has 23 heavy (non-hydrogen) atoms. The lowest BCUT2D eigenvalue weighted by Gasteiger charge is -2.16. The molecule has 2 rings (SSSR count). The summed E-state index contributed by atoms with van der Waals surface area (Å²) in [5.41, 5.74) is 1.40. The number of hydrogen-bond acceptors (Lipinski definition) is 5. The van der Waals surface area contributed by atoms with E-state index < -0.39 is 11.9 Å². The van der Waals surface area contributed by atoms with Crippen molar-refractivity contribution >= 4 is 23.5 Å². The second kappa shape index (κ2) is 6.71. The molecule has 6 heteroatoms. The Labute approximate surface area is 138 Å². The van der Waals surface area contributed by atoms with Gasteiger partial charge in [-0.15, -0.1) is 0 Å². The van der Waals surface area contributed by atoms with Crippen LogP contribution >= 0.6 is 11.6 Å². The van der Waals surface area contributed by atoms with Crippen molar-refractivity contribution in [2.75, 3.05) is 14.2 Å². The first kappa shape index (κ1) is 16.8. The average Bonchev–Trinajstić information content (AvgIpc) is 2.56. The minimum atomic E-state index is -0.671. The van der Waals surface area contributed by atoms with Crippen molar-refractivity contribution in [3.63, 3.8) is 0 Å². The smallest absolute Gasteiger partial charge is 0.338 e. The van der Waals surface area contributed by atoms with Crippen LogP contribution in [0.3, 0.4) is 0 Å². The Morgan fingerprint density at radius 1 is 1.04 bits per heavy atom. The summed E-state index contributed by atoms with van der Waals surface area (Å²) in [4.78, 5) is 24.3. The highest BCUT2D eigenvalue weighted by molar-refractivity contribution is 6.30. The van der Waals surface area contributed by atoms with Gasteiger partial charge in [0, 0.05) is 16.1 Å². The molecule has 1 N–H and O–H groups in total. The molecule has 0 aliphatic rings. The maximum atomic E-state index is 12.2. The summed E-state index contributed by atoms with van der Waals surface area (Å²) < 4.78 is 9.56. The Bertz CT molecular complexity index is 766. The number of methoxy groups -OCH3 is 2. The van der Waals surface area contributed by atoms with Gasteiger partial charge in [-0.1, -0.05) is 23.7 Å². The minimum absolute atomic E-state index is 0.0679. The zero-order chi connectivity index (χ0) is 17.1. The van der Waals surface area contributed by atoms with Crippen molar-refractivity contribution in [3.05, 3.63) is 52.0 Å². The van der Waals surface area contributed by atoms with Gasteiger partial charge in [0.15, 0.2) is 0 Å². The van der Waals surface area contributed by atoms with Crippen molar-refractivity contribution in [2.45, 2.75) is 6.92 Å². The molecule has 0 saturated heterocycles. The lowest BCUT2D eigenvalue weighted by molar-refractivity contribution is 0.0599. The molecule has 0 aromatic heterocycles. The number of phenolic OH excluding ortho intramolecular Hbond substituents is 1. The highest BCUT2D eigenvalue weighted by Crippen LogP contribution is 2.36. The van der Waals surface area contributed by atoms with Gasteiger partial charge >= 0.3 is 11.9 Å². The summed E-state index contributed by atoms with van der Waals surface area (Å²) in [7, 11) is 2.46. The fourth-order valence-electron chi connectivity index (χ4n) is 2.31. The molecule has 5 nitrogen and oxygen atoms in total. The maximum Gasteiger partial charge on any atom is 0.338 e. The lowest BCUT2D eigenvalue weighted by atomic mass is 9.90. The van der Waals surface area contributed by atoms with Gasteiger partial charge in [0.05, 0.1) is 25.3 Å². The molecule has 2 aromatic rings. The van der Waals surface area contributed by atoms with Crippen molar-refractivity contribution < 1.29 is 24.2 Å². The van der Waals surface area contributed by atoms with Crippen LogP contribution in [0.25, 0.3) is 11.1 Å². The quantitative estimate of drug-likeness (QED) is 0.868. The number of carbonyl (C=O) groups is 2. The summed E-state index contributed by atoms with van der Waals surface area (Å²) in [6.45, 7) is 1.57. The van der Waals surface area contributed by atoms with Crippen LogP contribution in [0, 0.1) is 6.92 Å². The second-order valence-corrected chi connectivity index (χ2v) is 5.24. The third kappa shape index (κ3) is 3.14. The summed E-state index contributed by atoms with van der Waals surface area (Å²) in [5.74, 6) is -1.52. The molecule has 0 unspecified atom stereocenters. The fraction of sp³-hybridized carbons (Fsp3) is 0.176. The molecule has 0 atom stereocenters. The van der Waals surface area contributed by atoms with Gasteiger partial charge in [-0.2, -0.15) is 0 Å². The van der Waals surface area contributed by atoms with Gasteiger partial charge in [0.25, 0.3) is 0 Å². The molecule has 0 heterocycles. The molecular formula is C17H15ClO5. The maximum absolute atomic E-state index is 12.2. The second-order valence-electron chi connectivity index (χ2n) is 4.81. The Balaban J connectivity index is 2.88. The Kier molecular flexibility index (Phi) is 4.91. The fourth-order valence-corrected chi connectivity index (χ4v) is 2.44. The average molecular weight is 335 g/mol. The first-order valence-corrected chi connectivity index (χ1v) is 7.07. The zero-order valence-electron chi connectivity index (χ0n) is 12.8. The molecule has 2 aromatic carbocycles. The number of ether oxygens (including phenoxy) is 2. The molecular weight excluding hydrogens is 320 g/mol. The Hall–Kier alpha value is -2.53. The molecule has 0 radical (unpaired) electrons. The summed E-state index contributed by atoms with van der Waals surface area (Å²) >= 11 is 5.89. The third-order valence-corrected chi connectivity index (χ3v) is 3.74. The van der Waals surface area contributed by atoms with Gasteiger partial charge < -0.3 is 14.6 Å². The van der Waals surface area contributed by atoms with E-state index in [9.17, 15) is 14.7 Å². The van der Waals surface area contributed by atoms with Crippen LogP contribution in [0.5, 0.6) is 5.75 Å². The van der Waals surface area contributed by atoms with Gasteiger partial charge in [-0.25, -0.2) is 9.59 Å². The van der Waals surface area contributed by atoms with E-state index in [0.29, 0.717) is 21.7 Å². The van der Waals surface area contributed by atoms with Crippen LogP contribution in [-0.2, 0) is 9.47 Å². The van der Waals surface area contributed by atoms with Crippen LogP contribution in [-0.4, -0.2) is 31.3 Å². The summed E-state index contributed by atoms with van der Waals surface area (Å²) in [5, 5.41) is 10.6. The lowest BCUT2D eigenvalue weighted by Crippen LogP contribution is -2.12. The highest BCUT2D eigenvalue weighted by atomic mass is 35.5. The number of esters is 2. The molecule has 0 bridgehead atoms. The van der Waals surface area contributed by atoms with Gasteiger partial charge in [-0.05, 0) is 30.7 Å². The van der Waals surface area contributed by atoms with E-state index in [-0.39, 0.29) is 16.9 Å². The van der Waals surface area contributed by atoms with E-state index in [4.69, 9.17) is 21.1 Å².